The molecule has 0 bridgehead atoms. The van der Waals surface area contributed by atoms with Gasteiger partial charge in [-0.2, -0.15) is 0 Å². The summed E-state index contributed by atoms with van der Waals surface area (Å²) < 4.78 is 5.73. The van der Waals surface area contributed by atoms with Gasteiger partial charge in [0.05, 0.1) is 5.56 Å². The lowest BCUT2D eigenvalue weighted by atomic mass is 10.0. The van der Waals surface area contributed by atoms with Crippen molar-refractivity contribution in [1.29, 1.82) is 0 Å². The van der Waals surface area contributed by atoms with E-state index in [-0.39, 0.29) is 11.8 Å². The van der Waals surface area contributed by atoms with Crippen LogP contribution in [0.5, 0.6) is 5.75 Å². The third-order valence-electron chi connectivity index (χ3n) is 3.70. The van der Waals surface area contributed by atoms with Crippen molar-refractivity contribution in [2.75, 3.05) is 26.7 Å². The van der Waals surface area contributed by atoms with Crippen LogP contribution >= 0.6 is 0 Å². The zero-order valence-electron chi connectivity index (χ0n) is 13.6. The molecule has 4 nitrogen and oxygen atoms in total. The number of Topliss-reactive ketones (excluding diaryl/α,β-unsaturated/α-hetero) is 1. The summed E-state index contributed by atoms with van der Waals surface area (Å²) in [5.74, 6) is 1.20. The smallest absolute Gasteiger partial charge is 0.163 e. The molecule has 2 N–H and O–H groups in total. The molecule has 0 amide bonds. The quantitative estimate of drug-likeness (QED) is 0.711. The minimum Gasteiger partial charge on any atom is -0.491 e. The normalized spacial score (nSPS) is 12.7. The molecule has 1 rings (SSSR count). The van der Waals surface area contributed by atoms with Crippen LogP contribution in [0, 0.1) is 5.92 Å². The minimum absolute atomic E-state index is 0.0295. The van der Waals surface area contributed by atoms with Gasteiger partial charge in [-0.05, 0) is 45.0 Å². The first-order valence-electron chi connectivity index (χ1n) is 7.58. The van der Waals surface area contributed by atoms with E-state index >= 15 is 0 Å². The van der Waals surface area contributed by atoms with Gasteiger partial charge >= 0.3 is 0 Å². The third kappa shape index (κ3) is 6.27. The highest BCUT2D eigenvalue weighted by Crippen LogP contribution is 2.18. The molecule has 4 heteroatoms. The number of ketones is 1. The Bertz CT molecular complexity index is 446. The van der Waals surface area contributed by atoms with Crippen molar-refractivity contribution >= 4 is 5.78 Å². The van der Waals surface area contributed by atoms with Gasteiger partial charge in [0.25, 0.3) is 0 Å². The Morgan fingerprint density at radius 2 is 1.95 bits per heavy atom. The van der Waals surface area contributed by atoms with Crippen LogP contribution in [-0.4, -0.2) is 43.5 Å². The van der Waals surface area contributed by atoms with Crippen LogP contribution in [0.2, 0.25) is 0 Å². The van der Waals surface area contributed by atoms with E-state index in [1.165, 1.54) is 0 Å². The molecule has 0 aliphatic rings. The Morgan fingerprint density at radius 1 is 1.29 bits per heavy atom. The SMILES string of the molecule is CC(=O)c1ccccc1OCCN(C)CCC(N)C(C)C. The zero-order chi connectivity index (χ0) is 15.8. The number of likely N-dealkylation sites (N-methyl/N-ethyl adjacent to an activating group) is 1. The minimum atomic E-state index is 0.0295. The molecule has 0 spiro atoms. The molecule has 0 heterocycles. The highest BCUT2D eigenvalue weighted by Gasteiger charge is 2.10. The first-order valence-corrected chi connectivity index (χ1v) is 7.58. The van der Waals surface area contributed by atoms with Gasteiger partial charge in [0.1, 0.15) is 12.4 Å². The van der Waals surface area contributed by atoms with Gasteiger partial charge < -0.3 is 15.4 Å². The van der Waals surface area contributed by atoms with Crippen molar-refractivity contribution in [2.45, 2.75) is 33.2 Å². The van der Waals surface area contributed by atoms with Crippen LogP contribution in [0.4, 0.5) is 0 Å². The monoisotopic (exact) mass is 292 g/mol. The lowest BCUT2D eigenvalue weighted by molar-refractivity contribution is 0.101. The van der Waals surface area contributed by atoms with E-state index in [0.717, 1.165) is 19.5 Å². The lowest BCUT2D eigenvalue weighted by Crippen LogP contribution is -2.33. The second-order valence-corrected chi connectivity index (χ2v) is 5.90. The summed E-state index contributed by atoms with van der Waals surface area (Å²) >= 11 is 0. The number of benzene rings is 1. The predicted molar refractivity (Wildman–Crippen MR) is 86.9 cm³/mol. The number of carbonyl (C=O) groups is 1. The van der Waals surface area contributed by atoms with Crippen LogP contribution < -0.4 is 10.5 Å². The third-order valence-corrected chi connectivity index (χ3v) is 3.70. The highest BCUT2D eigenvalue weighted by atomic mass is 16.5. The number of hydrogen-bond acceptors (Lipinski definition) is 4. The zero-order valence-corrected chi connectivity index (χ0v) is 13.6. The largest absolute Gasteiger partial charge is 0.491 e. The maximum absolute atomic E-state index is 11.5. The highest BCUT2D eigenvalue weighted by molar-refractivity contribution is 5.96. The van der Waals surface area contributed by atoms with E-state index in [2.05, 4.69) is 25.8 Å². The number of hydrogen-bond donors (Lipinski definition) is 1. The average molecular weight is 292 g/mol. The second kappa shape index (κ2) is 8.80. The summed E-state index contributed by atoms with van der Waals surface area (Å²) in [6.45, 7) is 8.19. The molecule has 118 valence electrons. The van der Waals surface area contributed by atoms with E-state index in [9.17, 15) is 4.79 Å². The van der Waals surface area contributed by atoms with Crippen molar-refractivity contribution in [3.8, 4) is 5.75 Å². The first-order chi connectivity index (χ1) is 9.91. The van der Waals surface area contributed by atoms with E-state index in [1.54, 1.807) is 13.0 Å². The van der Waals surface area contributed by atoms with Gasteiger partial charge in [-0.25, -0.2) is 0 Å². The van der Waals surface area contributed by atoms with Crippen molar-refractivity contribution in [1.82, 2.24) is 4.90 Å². The standard InChI is InChI=1S/C17H28N2O2/c1-13(2)16(18)9-10-19(4)11-12-21-17-8-6-5-7-15(17)14(3)20/h5-8,13,16H,9-12,18H2,1-4H3. The molecule has 1 atom stereocenters. The van der Waals surface area contributed by atoms with Crippen LogP contribution in [0.3, 0.4) is 0 Å². The Kier molecular flexibility index (Phi) is 7.40. The van der Waals surface area contributed by atoms with Gasteiger partial charge in [-0.15, -0.1) is 0 Å². The fourth-order valence-electron chi connectivity index (χ4n) is 2.01. The summed E-state index contributed by atoms with van der Waals surface area (Å²) in [6.07, 6.45) is 0.984. The molecule has 1 unspecified atom stereocenters. The van der Waals surface area contributed by atoms with Crippen molar-refractivity contribution in [2.24, 2.45) is 11.7 Å². The van der Waals surface area contributed by atoms with Crippen molar-refractivity contribution in [3.05, 3.63) is 29.8 Å². The summed E-state index contributed by atoms with van der Waals surface area (Å²) in [5, 5.41) is 0. The van der Waals surface area contributed by atoms with Crippen molar-refractivity contribution < 1.29 is 9.53 Å². The van der Waals surface area contributed by atoms with Crippen LogP contribution in [0.1, 0.15) is 37.6 Å². The summed E-state index contributed by atoms with van der Waals surface area (Å²) in [5.41, 5.74) is 6.68. The molecule has 0 fully saturated rings. The van der Waals surface area contributed by atoms with E-state index in [1.807, 2.05) is 18.2 Å². The summed E-state index contributed by atoms with van der Waals surface area (Å²) in [7, 11) is 2.06. The number of rotatable bonds is 9. The van der Waals surface area contributed by atoms with Crippen LogP contribution in [-0.2, 0) is 0 Å². The predicted octanol–water partition coefficient (Wildman–Crippen LogP) is 2.57. The van der Waals surface area contributed by atoms with E-state index < -0.39 is 0 Å². The Labute approximate surface area is 128 Å². The second-order valence-electron chi connectivity index (χ2n) is 5.90. The maximum Gasteiger partial charge on any atom is 0.163 e. The average Bonchev–Trinajstić information content (AvgIpc) is 2.44. The van der Waals surface area contributed by atoms with Gasteiger partial charge in [-0.3, -0.25) is 4.79 Å². The molecule has 0 aliphatic heterocycles. The first kappa shape index (κ1) is 17.7. The molecule has 0 aliphatic carbocycles. The maximum atomic E-state index is 11.5. The van der Waals surface area contributed by atoms with Crippen LogP contribution in [0.15, 0.2) is 24.3 Å². The Balaban J connectivity index is 2.35. The fraction of sp³-hybridized carbons (Fsp3) is 0.588. The lowest BCUT2D eigenvalue weighted by Gasteiger charge is -2.21. The van der Waals surface area contributed by atoms with E-state index in [4.69, 9.17) is 10.5 Å². The summed E-state index contributed by atoms with van der Waals surface area (Å²) in [6, 6.07) is 7.61. The molecule has 0 radical (unpaired) electrons. The molecule has 1 aromatic carbocycles. The molecular weight excluding hydrogens is 264 g/mol. The van der Waals surface area contributed by atoms with Crippen LogP contribution in [0.25, 0.3) is 0 Å². The fourth-order valence-corrected chi connectivity index (χ4v) is 2.01. The topological polar surface area (TPSA) is 55.6 Å². The van der Waals surface area contributed by atoms with Gasteiger partial charge in [-0.1, -0.05) is 26.0 Å². The number of ether oxygens (including phenoxy) is 1. The van der Waals surface area contributed by atoms with Gasteiger partial charge in [0.2, 0.25) is 0 Å². The number of nitrogens with zero attached hydrogens (tertiary/aromatic N) is 1. The number of para-hydroxylation sites is 1. The number of carbonyl (C=O) groups excluding carboxylic acids is 1. The van der Waals surface area contributed by atoms with Gasteiger partial charge in [0.15, 0.2) is 5.78 Å². The van der Waals surface area contributed by atoms with Gasteiger partial charge in [0, 0.05) is 12.6 Å². The molecule has 0 saturated heterocycles. The van der Waals surface area contributed by atoms with Crippen molar-refractivity contribution in [3.63, 3.8) is 0 Å². The summed E-state index contributed by atoms with van der Waals surface area (Å²) in [4.78, 5) is 13.7. The number of nitrogens with two attached hydrogens (primary N) is 1. The molecule has 1 aromatic rings. The molecule has 0 saturated carbocycles. The molecular formula is C17H28N2O2. The van der Waals surface area contributed by atoms with E-state index in [0.29, 0.717) is 23.8 Å². The molecule has 0 aromatic heterocycles. The Hall–Kier alpha value is -1.39. The molecule has 21 heavy (non-hydrogen) atoms. The Morgan fingerprint density at radius 3 is 2.57 bits per heavy atom.